The molecule has 4 aromatic rings. The minimum absolute atomic E-state index is 0.00859. The van der Waals surface area contributed by atoms with Gasteiger partial charge in [-0.3, -0.25) is 0 Å². The van der Waals surface area contributed by atoms with Crippen LogP contribution in [0.2, 0.25) is 0 Å². The summed E-state index contributed by atoms with van der Waals surface area (Å²) in [6, 6.07) is 15.2. The van der Waals surface area contributed by atoms with Crippen molar-refractivity contribution in [2.24, 2.45) is 11.8 Å². The van der Waals surface area contributed by atoms with Crippen molar-refractivity contribution in [3.05, 3.63) is 104 Å². The Hall–Kier alpha value is -3.12. The maximum Gasteiger partial charge on any atom is 0.0159 e. The molecule has 0 bridgehead atoms. The number of benzene rings is 4. The highest BCUT2D eigenvalue weighted by atomic mass is 14.6. The zero-order valence-corrected chi connectivity index (χ0v) is 25.2. The average Bonchev–Trinajstić information content (AvgIpc) is 3.28. The SMILES string of the molecule is CC1(C)C2=C3c4c(cc5cc6c7c8c(cc1c4c58)CC1C=7c4c(cccc4C1(C)C)C6(C)C)C(C)(C)C3CC=C2. The highest BCUT2D eigenvalue weighted by Gasteiger charge is 2.53. The van der Waals surface area contributed by atoms with Crippen molar-refractivity contribution in [1.82, 2.24) is 0 Å². The van der Waals surface area contributed by atoms with E-state index in [1.807, 2.05) is 0 Å². The maximum absolute atomic E-state index is 2.70. The third-order valence-electron chi connectivity index (χ3n) is 13.1. The van der Waals surface area contributed by atoms with Crippen molar-refractivity contribution in [1.29, 1.82) is 0 Å². The molecule has 0 fully saturated rings. The van der Waals surface area contributed by atoms with Crippen LogP contribution < -0.4 is 5.22 Å². The van der Waals surface area contributed by atoms with Crippen molar-refractivity contribution in [3.63, 3.8) is 0 Å². The first-order valence-electron chi connectivity index (χ1n) is 15.6. The van der Waals surface area contributed by atoms with Crippen LogP contribution in [0.25, 0.3) is 32.7 Å². The normalized spacial score (nSPS) is 27.4. The maximum atomic E-state index is 2.70. The summed E-state index contributed by atoms with van der Waals surface area (Å²) in [5, 5.41) is 7.85. The summed E-state index contributed by atoms with van der Waals surface area (Å²) in [6.07, 6.45) is 7.27. The fourth-order valence-electron chi connectivity index (χ4n) is 10.9. The molecule has 0 heteroatoms. The number of hydrogen-bond donors (Lipinski definition) is 0. The predicted octanol–water partition coefficient (Wildman–Crippen LogP) is 8.93. The highest BCUT2D eigenvalue weighted by Crippen LogP contribution is 2.64. The molecule has 40 heavy (non-hydrogen) atoms. The summed E-state index contributed by atoms with van der Waals surface area (Å²) in [6.45, 7) is 20.1. The molecule has 0 heterocycles. The van der Waals surface area contributed by atoms with E-state index >= 15 is 0 Å². The lowest BCUT2D eigenvalue weighted by atomic mass is 9.61. The quantitative estimate of drug-likeness (QED) is 0.218. The third-order valence-corrected chi connectivity index (χ3v) is 13.1. The lowest BCUT2D eigenvalue weighted by molar-refractivity contribution is 0.409. The number of hydrogen-bond acceptors (Lipinski definition) is 0. The molecule has 0 aromatic heterocycles. The average molecular weight is 519 g/mol. The smallest absolute Gasteiger partial charge is 0.0159 e. The second kappa shape index (κ2) is 6.06. The number of rotatable bonds is 0. The summed E-state index contributed by atoms with van der Waals surface area (Å²) >= 11 is 0. The van der Waals surface area contributed by atoms with Gasteiger partial charge in [-0.25, -0.2) is 0 Å². The summed E-state index contributed by atoms with van der Waals surface area (Å²) in [7, 11) is 0. The van der Waals surface area contributed by atoms with Crippen LogP contribution in [0, 0.1) is 11.8 Å². The molecule has 6 aliphatic carbocycles. The van der Waals surface area contributed by atoms with Gasteiger partial charge in [0.05, 0.1) is 0 Å². The summed E-state index contributed by atoms with van der Waals surface area (Å²) < 4.78 is 0. The molecule has 0 saturated carbocycles. The van der Waals surface area contributed by atoms with Gasteiger partial charge in [-0.1, -0.05) is 91.8 Å². The van der Waals surface area contributed by atoms with E-state index in [4.69, 9.17) is 0 Å². The Morgan fingerprint density at radius 3 is 2.15 bits per heavy atom. The Morgan fingerprint density at radius 1 is 0.625 bits per heavy atom. The molecule has 0 radical (unpaired) electrons. The van der Waals surface area contributed by atoms with E-state index in [1.165, 1.54) is 5.39 Å². The number of allylic oxidation sites excluding steroid dienone is 4. The van der Waals surface area contributed by atoms with Crippen LogP contribution in [0.3, 0.4) is 0 Å². The zero-order valence-electron chi connectivity index (χ0n) is 25.2. The third kappa shape index (κ3) is 2.02. The van der Waals surface area contributed by atoms with Crippen LogP contribution in [-0.4, -0.2) is 0 Å². The van der Waals surface area contributed by atoms with Gasteiger partial charge in [0.25, 0.3) is 0 Å². The van der Waals surface area contributed by atoms with Crippen LogP contribution in [0.5, 0.6) is 0 Å². The molecule has 4 aromatic carbocycles. The van der Waals surface area contributed by atoms with E-state index in [-0.39, 0.29) is 21.7 Å². The van der Waals surface area contributed by atoms with Gasteiger partial charge >= 0.3 is 0 Å². The zero-order chi connectivity index (χ0) is 27.5. The second-order valence-corrected chi connectivity index (χ2v) is 16.1. The van der Waals surface area contributed by atoms with Gasteiger partial charge in [0, 0.05) is 10.8 Å². The van der Waals surface area contributed by atoms with Crippen molar-refractivity contribution >= 4 is 32.7 Å². The standard InChI is InChI=1S/C40H38/c1-37(2)21-11-9-13-23-31(21)35-27(39(23,5)6)18-20-16-26-34-30-19(15-25(37)33(35)29(20)30)17-28-36(34)32-22(38(26,3)4)12-10-14-24(32)40(28,7)8/h9-13,15-17,24,27H,14,18H2,1-8H3. The van der Waals surface area contributed by atoms with Gasteiger partial charge in [0.2, 0.25) is 0 Å². The van der Waals surface area contributed by atoms with Crippen LogP contribution in [0.1, 0.15) is 106 Å². The molecule has 0 saturated heterocycles. The van der Waals surface area contributed by atoms with E-state index in [0.717, 1.165) is 12.8 Å². The molecular formula is C40H38. The molecule has 2 atom stereocenters. The topological polar surface area (TPSA) is 0 Å². The van der Waals surface area contributed by atoms with Crippen molar-refractivity contribution in [2.45, 2.75) is 89.9 Å². The predicted molar refractivity (Wildman–Crippen MR) is 168 cm³/mol. The second-order valence-electron chi connectivity index (χ2n) is 16.1. The molecule has 2 unspecified atom stereocenters. The lowest BCUT2D eigenvalue weighted by Crippen LogP contribution is -2.39. The first-order chi connectivity index (χ1) is 18.9. The molecule has 0 N–H and O–H groups in total. The van der Waals surface area contributed by atoms with Gasteiger partial charge in [0.1, 0.15) is 0 Å². The van der Waals surface area contributed by atoms with Gasteiger partial charge in [-0.2, -0.15) is 0 Å². The van der Waals surface area contributed by atoms with Crippen molar-refractivity contribution < 1.29 is 0 Å². The Kier molecular flexibility index (Phi) is 3.42. The van der Waals surface area contributed by atoms with Gasteiger partial charge < -0.3 is 0 Å². The van der Waals surface area contributed by atoms with Gasteiger partial charge in [-0.05, 0) is 136 Å². The Bertz CT molecular complexity index is 2100. The lowest BCUT2D eigenvalue weighted by Gasteiger charge is -2.42. The Labute approximate surface area is 237 Å². The largest absolute Gasteiger partial charge is 0.0836 e. The minimum Gasteiger partial charge on any atom is -0.0836 e. The van der Waals surface area contributed by atoms with E-state index in [1.54, 1.807) is 82.6 Å². The van der Waals surface area contributed by atoms with E-state index < -0.39 is 0 Å². The Morgan fingerprint density at radius 2 is 1.35 bits per heavy atom. The highest BCUT2D eigenvalue weighted by molar-refractivity contribution is 6.21. The Balaban J connectivity index is 1.51. The molecule has 198 valence electrons. The summed E-state index contributed by atoms with van der Waals surface area (Å²) in [5.74, 6) is 1.11. The fourth-order valence-corrected chi connectivity index (χ4v) is 10.9. The van der Waals surface area contributed by atoms with Crippen LogP contribution in [-0.2, 0) is 28.1 Å². The molecule has 0 spiro atoms. The summed E-state index contributed by atoms with van der Waals surface area (Å²) in [5.41, 5.74) is 17.8. The van der Waals surface area contributed by atoms with E-state index in [0.29, 0.717) is 11.8 Å². The first kappa shape index (κ1) is 22.6. The van der Waals surface area contributed by atoms with E-state index in [2.05, 4.69) is 104 Å². The van der Waals surface area contributed by atoms with Crippen molar-refractivity contribution in [3.8, 4) is 0 Å². The molecule has 10 rings (SSSR count). The van der Waals surface area contributed by atoms with Crippen LogP contribution >= 0.6 is 0 Å². The van der Waals surface area contributed by atoms with Crippen LogP contribution in [0.15, 0.2) is 54.1 Å². The molecule has 0 amide bonds. The molecule has 6 aliphatic rings. The fraction of sp³-hybridized carbons (Fsp3) is 0.400. The monoisotopic (exact) mass is 518 g/mol. The molecular weight excluding hydrogens is 480 g/mol. The van der Waals surface area contributed by atoms with Gasteiger partial charge in [-0.15, -0.1) is 0 Å². The molecule has 0 aliphatic heterocycles. The van der Waals surface area contributed by atoms with Crippen LogP contribution in [0.4, 0.5) is 0 Å². The van der Waals surface area contributed by atoms with Crippen molar-refractivity contribution in [2.75, 3.05) is 0 Å². The summed E-state index contributed by atoms with van der Waals surface area (Å²) in [4.78, 5) is 0. The first-order valence-corrected chi connectivity index (χ1v) is 15.6. The van der Waals surface area contributed by atoms with Gasteiger partial charge in [0.15, 0.2) is 0 Å². The van der Waals surface area contributed by atoms with E-state index in [9.17, 15) is 0 Å². The molecule has 0 nitrogen and oxygen atoms in total. The minimum atomic E-state index is -0.0229.